The van der Waals surface area contributed by atoms with Gasteiger partial charge >= 0.3 is 24.2 Å². The maximum absolute atomic E-state index is 12.3. The molecule has 0 spiro atoms. The standard InChI is InChI=1S/C19H13F3N4O3.C13H7F3N2O3.C6H8N2O/c20-19(21,22)29-14-3-1-13(2-4-14)15-5-6-16-17(25-15)26(18(27)28-16)8-7-12-9-23-11-24-10-12;14-13(15,16)21-8-3-1-7(2-4-8)9-5-6-10-11(17-9)18-12(19)20-10;9-2-1-6-3-7-5-8-4-6/h1-6,9-11H,7-8H2;1-6H,(H,17,18,19);3-5,9H,1-2H2. The number of fused-ring (bicyclic) bond motifs is 2. The number of rotatable bonds is 9. The first-order valence-electron chi connectivity index (χ1n) is 17.0. The number of hydrogen-bond acceptors (Lipinski definition) is 13. The molecule has 0 saturated carbocycles. The van der Waals surface area contributed by atoms with E-state index in [2.05, 4.69) is 44.4 Å². The van der Waals surface area contributed by atoms with Gasteiger partial charge < -0.3 is 23.4 Å². The number of ether oxygens (including phenoxy) is 2. The molecule has 0 radical (unpaired) electrons. The molecule has 2 aromatic carbocycles. The molecule has 0 amide bonds. The number of benzene rings is 2. The second kappa shape index (κ2) is 18.2. The highest BCUT2D eigenvalue weighted by molar-refractivity contribution is 5.74. The molecule has 8 rings (SSSR count). The molecule has 59 heavy (non-hydrogen) atoms. The van der Waals surface area contributed by atoms with E-state index in [1.807, 2.05) is 0 Å². The van der Waals surface area contributed by atoms with Crippen molar-refractivity contribution in [2.45, 2.75) is 32.1 Å². The van der Waals surface area contributed by atoms with Crippen LogP contribution >= 0.6 is 0 Å². The van der Waals surface area contributed by atoms with Crippen LogP contribution in [0.4, 0.5) is 26.3 Å². The molecule has 6 heterocycles. The Hall–Kier alpha value is -7.42. The second-order valence-electron chi connectivity index (χ2n) is 12.0. The Labute approximate surface area is 326 Å². The fourth-order valence-electron chi connectivity index (χ4n) is 5.25. The van der Waals surface area contributed by atoms with Gasteiger partial charge in [0.15, 0.2) is 22.5 Å². The van der Waals surface area contributed by atoms with Crippen molar-refractivity contribution < 1.29 is 49.8 Å². The van der Waals surface area contributed by atoms with Gasteiger partial charge in [-0.3, -0.25) is 9.55 Å². The number of nitrogens with zero attached hydrogens (tertiary/aromatic N) is 7. The summed E-state index contributed by atoms with van der Waals surface area (Å²) in [5.74, 6) is -1.81. The molecule has 8 aromatic rings. The molecule has 0 aliphatic heterocycles. The number of H-pyrrole nitrogens is 1. The van der Waals surface area contributed by atoms with Crippen LogP contribution in [0, 0.1) is 0 Å². The smallest absolute Gasteiger partial charge is 0.406 e. The Morgan fingerprint density at radius 2 is 1.12 bits per heavy atom. The van der Waals surface area contributed by atoms with Crippen LogP contribution in [0.3, 0.4) is 0 Å². The molecule has 0 saturated heterocycles. The lowest BCUT2D eigenvalue weighted by Crippen LogP contribution is -2.17. The van der Waals surface area contributed by atoms with Crippen molar-refractivity contribution in [3.63, 3.8) is 0 Å². The lowest BCUT2D eigenvalue weighted by Gasteiger charge is -2.09. The third-order valence-electron chi connectivity index (χ3n) is 7.81. The monoisotopic (exact) mass is 822 g/mol. The van der Waals surface area contributed by atoms with E-state index in [9.17, 15) is 35.9 Å². The number of aromatic nitrogens is 8. The molecule has 0 aliphatic rings. The summed E-state index contributed by atoms with van der Waals surface area (Å²) in [5, 5.41) is 8.46. The highest BCUT2D eigenvalue weighted by atomic mass is 19.4. The van der Waals surface area contributed by atoms with E-state index in [1.165, 1.54) is 65.8 Å². The predicted octanol–water partition coefficient (Wildman–Crippen LogP) is 6.68. The number of aryl methyl sites for hydroxylation is 2. The van der Waals surface area contributed by atoms with Crippen LogP contribution < -0.4 is 21.0 Å². The molecule has 304 valence electrons. The highest BCUT2D eigenvalue weighted by Crippen LogP contribution is 2.28. The van der Waals surface area contributed by atoms with Crippen LogP contribution in [0.25, 0.3) is 45.0 Å². The Morgan fingerprint density at radius 3 is 1.63 bits per heavy atom. The van der Waals surface area contributed by atoms with Gasteiger partial charge in [0.1, 0.15) is 24.2 Å². The molecular weight excluding hydrogens is 794 g/mol. The lowest BCUT2D eigenvalue weighted by molar-refractivity contribution is -0.275. The number of halogens is 6. The molecule has 2 N–H and O–H groups in total. The number of aliphatic hydroxyl groups is 1. The number of oxazole rings is 2. The van der Waals surface area contributed by atoms with Gasteiger partial charge in [-0.05, 0) is 96.8 Å². The van der Waals surface area contributed by atoms with E-state index in [-0.39, 0.29) is 23.8 Å². The fraction of sp³-hybridized carbons (Fsp3) is 0.158. The van der Waals surface area contributed by atoms with Gasteiger partial charge in [0, 0.05) is 49.1 Å². The zero-order valence-corrected chi connectivity index (χ0v) is 30.0. The first-order valence-corrected chi connectivity index (χ1v) is 17.0. The number of nitrogens with one attached hydrogen (secondary N) is 1. The van der Waals surface area contributed by atoms with Crippen molar-refractivity contribution in [3.05, 3.63) is 142 Å². The van der Waals surface area contributed by atoms with Crippen molar-refractivity contribution in [1.29, 1.82) is 0 Å². The molecule has 0 atom stereocenters. The van der Waals surface area contributed by atoms with Gasteiger partial charge in [0.2, 0.25) is 0 Å². The number of aliphatic hydroxyl groups excluding tert-OH is 1. The lowest BCUT2D eigenvalue weighted by atomic mass is 10.1. The van der Waals surface area contributed by atoms with E-state index >= 15 is 0 Å². The Balaban J connectivity index is 0.000000169. The van der Waals surface area contributed by atoms with Gasteiger partial charge in [-0.2, -0.15) is 0 Å². The highest BCUT2D eigenvalue weighted by Gasteiger charge is 2.31. The van der Waals surface area contributed by atoms with Crippen molar-refractivity contribution in [2.75, 3.05) is 6.61 Å². The molecule has 0 unspecified atom stereocenters. The average molecular weight is 823 g/mol. The van der Waals surface area contributed by atoms with Crippen LogP contribution in [0.1, 0.15) is 11.1 Å². The molecule has 6 aromatic heterocycles. The van der Waals surface area contributed by atoms with E-state index in [0.29, 0.717) is 58.7 Å². The van der Waals surface area contributed by atoms with Crippen molar-refractivity contribution in [1.82, 2.24) is 39.5 Å². The molecule has 0 aliphatic carbocycles. The van der Waals surface area contributed by atoms with Crippen molar-refractivity contribution in [3.8, 4) is 34.0 Å². The third-order valence-corrected chi connectivity index (χ3v) is 7.81. The topological polar surface area (TPSA) is 197 Å². The number of hydrogen-bond donors (Lipinski definition) is 2. The SMILES string of the molecule is O=c1[nH]c2nc(-c3ccc(OC(F)(F)F)cc3)ccc2o1.O=c1oc2ccc(-c3ccc(OC(F)(F)F)cc3)nc2n1CCc1cncnc1.OCCc1cncnc1. The maximum Gasteiger partial charge on any atom is 0.573 e. The average Bonchev–Trinajstić information content (AvgIpc) is 3.74. The Bertz CT molecular complexity index is 2700. The quantitative estimate of drug-likeness (QED) is 0.146. The normalized spacial score (nSPS) is 11.4. The van der Waals surface area contributed by atoms with Gasteiger partial charge in [-0.1, -0.05) is 0 Å². The van der Waals surface area contributed by atoms with Gasteiger partial charge in [0.25, 0.3) is 0 Å². The Kier molecular flexibility index (Phi) is 12.7. The zero-order valence-electron chi connectivity index (χ0n) is 30.0. The zero-order chi connectivity index (χ0) is 42.0. The largest absolute Gasteiger partial charge is 0.573 e. The summed E-state index contributed by atoms with van der Waals surface area (Å²) >= 11 is 0. The maximum atomic E-state index is 12.3. The molecular formula is C38H28F6N8O7. The minimum Gasteiger partial charge on any atom is -0.406 e. The van der Waals surface area contributed by atoms with Crippen LogP contribution in [0.15, 0.2) is 129 Å². The van der Waals surface area contributed by atoms with Crippen molar-refractivity contribution >= 4 is 22.5 Å². The molecule has 0 bridgehead atoms. The molecule has 21 heteroatoms. The number of aromatic amines is 1. The minimum absolute atomic E-state index is 0.160. The summed E-state index contributed by atoms with van der Waals surface area (Å²) < 4.78 is 92.2. The van der Waals surface area contributed by atoms with Crippen LogP contribution in [0.5, 0.6) is 11.5 Å². The van der Waals surface area contributed by atoms with Gasteiger partial charge in [-0.25, -0.2) is 39.5 Å². The predicted molar refractivity (Wildman–Crippen MR) is 196 cm³/mol. The van der Waals surface area contributed by atoms with Crippen LogP contribution in [-0.2, 0) is 19.4 Å². The van der Waals surface area contributed by atoms with Gasteiger partial charge in [0.05, 0.1) is 11.4 Å². The summed E-state index contributed by atoms with van der Waals surface area (Å²) in [7, 11) is 0. The molecule has 15 nitrogen and oxygen atoms in total. The van der Waals surface area contributed by atoms with Crippen molar-refractivity contribution in [2.24, 2.45) is 0 Å². The second-order valence-corrected chi connectivity index (χ2v) is 12.0. The summed E-state index contributed by atoms with van der Waals surface area (Å²) in [5.41, 5.74) is 5.18. The van der Waals surface area contributed by atoms with E-state index in [0.717, 1.165) is 11.1 Å². The van der Waals surface area contributed by atoms with E-state index in [4.69, 9.17) is 13.9 Å². The first-order chi connectivity index (χ1) is 28.2. The minimum atomic E-state index is -4.75. The van der Waals surface area contributed by atoms with Gasteiger partial charge in [-0.15, -0.1) is 26.3 Å². The van der Waals surface area contributed by atoms with E-state index in [1.54, 1.807) is 49.1 Å². The summed E-state index contributed by atoms with van der Waals surface area (Å²) in [6.45, 7) is 0.474. The summed E-state index contributed by atoms with van der Waals surface area (Å²) in [6, 6.07) is 16.9. The third kappa shape index (κ3) is 11.8. The summed E-state index contributed by atoms with van der Waals surface area (Å²) in [4.78, 5) is 49.7. The summed E-state index contributed by atoms with van der Waals surface area (Å²) in [6.07, 6.45) is 1.26. The van der Waals surface area contributed by atoms with Crippen LogP contribution in [0.2, 0.25) is 0 Å². The Morgan fingerprint density at radius 1 is 0.627 bits per heavy atom. The fourth-order valence-corrected chi connectivity index (χ4v) is 5.25. The first kappa shape index (κ1) is 41.2. The van der Waals surface area contributed by atoms with E-state index < -0.39 is 24.2 Å². The number of alkyl halides is 6. The number of pyridine rings is 2. The van der Waals surface area contributed by atoms with Crippen LogP contribution in [-0.4, -0.2) is 63.9 Å². The molecule has 0 fully saturated rings.